The van der Waals surface area contributed by atoms with Crippen LogP contribution in [0, 0.1) is 6.92 Å². The third-order valence-electron chi connectivity index (χ3n) is 3.42. The van der Waals surface area contributed by atoms with Crippen LogP contribution in [-0.4, -0.2) is 15.3 Å². The minimum atomic E-state index is -0.737. The number of phenols is 2. The average Bonchev–Trinajstić information content (AvgIpc) is 2.45. The molecule has 0 saturated heterocycles. The van der Waals surface area contributed by atoms with Gasteiger partial charge < -0.3 is 19.7 Å². The van der Waals surface area contributed by atoms with E-state index in [-0.39, 0.29) is 39.3 Å². The lowest BCUT2D eigenvalue weighted by Gasteiger charge is -2.10. The van der Waals surface area contributed by atoms with E-state index in [1.54, 1.807) is 30.3 Å². The zero-order valence-corrected chi connectivity index (χ0v) is 11.1. The largest absolute Gasteiger partial charge is 0.507 e. The van der Waals surface area contributed by atoms with Gasteiger partial charge in [-0.3, -0.25) is 0 Å². The third-order valence-corrected chi connectivity index (χ3v) is 3.42. The van der Waals surface area contributed by atoms with Crippen molar-refractivity contribution in [1.29, 1.82) is 0 Å². The van der Waals surface area contributed by atoms with Crippen LogP contribution in [0.5, 0.6) is 17.2 Å². The molecule has 0 amide bonds. The van der Waals surface area contributed by atoms with Crippen molar-refractivity contribution < 1.29 is 19.7 Å². The van der Waals surface area contributed by atoms with Gasteiger partial charge in [0.15, 0.2) is 5.58 Å². The lowest BCUT2D eigenvalue weighted by Crippen LogP contribution is -2.04. The summed E-state index contributed by atoms with van der Waals surface area (Å²) in [6.45, 7) is 1.53. The zero-order chi connectivity index (χ0) is 15.1. The molecule has 3 aromatic rings. The van der Waals surface area contributed by atoms with Gasteiger partial charge in [0.2, 0.25) is 0 Å². The lowest BCUT2D eigenvalue weighted by molar-refractivity contribution is 0.438. The van der Waals surface area contributed by atoms with Gasteiger partial charge in [0.05, 0.1) is 0 Å². The molecule has 0 fully saturated rings. The quantitative estimate of drug-likeness (QED) is 0.598. The Kier molecular flexibility index (Phi) is 2.83. The van der Waals surface area contributed by atoms with E-state index in [4.69, 9.17) is 4.42 Å². The van der Waals surface area contributed by atoms with Crippen molar-refractivity contribution in [1.82, 2.24) is 0 Å². The minimum absolute atomic E-state index is 0.00348. The molecule has 5 nitrogen and oxygen atoms in total. The summed E-state index contributed by atoms with van der Waals surface area (Å²) in [4.78, 5) is 12.1. The summed E-state index contributed by atoms with van der Waals surface area (Å²) in [7, 11) is 0. The Morgan fingerprint density at radius 1 is 1.00 bits per heavy atom. The molecule has 0 aliphatic heterocycles. The molecule has 0 aliphatic rings. The second-order valence-electron chi connectivity index (χ2n) is 4.72. The van der Waals surface area contributed by atoms with E-state index in [1.807, 2.05) is 0 Å². The Bertz CT molecular complexity index is 894. The summed E-state index contributed by atoms with van der Waals surface area (Å²) in [6.07, 6.45) is 0. The van der Waals surface area contributed by atoms with Crippen molar-refractivity contribution >= 4 is 11.0 Å². The Labute approximate surface area is 119 Å². The van der Waals surface area contributed by atoms with E-state index in [2.05, 4.69) is 0 Å². The highest BCUT2D eigenvalue weighted by Gasteiger charge is 2.21. The first kappa shape index (κ1) is 13.1. The van der Waals surface area contributed by atoms with E-state index in [9.17, 15) is 20.1 Å². The van der Waals surface area contributed by atoms with Gasteiger partial charge in [-0.25, -0.2) is 4.79 Å². The van der Waals surface area contributed by atoms with E-state index in [0.717, 1.165) is 6.07 Å². The van der Waals surface area contributed by atoms with Crippen molar-refractivity contribution in [3.63, 3.8) is 0 Å². The van der Waals surface area contributed by atoms with Crippen LogP contribution in [0.1, 0.15) is 5.56 Å². The zero-order valence-electron chi connectivity index (χ0n) is 11.1. The van der Waals surface area contributed by atoms with Crippen molar-refractivity contribution in [2.24, 2.45) is 0 Å². The highest BCUT2D eigenvalue weighted by molar-refractivity contribution is 5.97. The average molecular weight is 284 g/mol. The maximum Gasteiger partial charge on any atom is 0.347 e. The fourth-order valence-corrected chi connectivity index (χ4v) is 2.31. The molecule has 1 heterocycles. The summed E-state index contributed by atoms with van der Waals surface area (Å²) >= 11 is 0. The number of hydrogen-bond donors (Lipinski definition) is 3. The fraction of sp³-hybridized carbons (Fsp3) is 0.0625. The molecule has 0 radical (unpaired) electrons. The topological polar surface area (TPSA) is 90.9 Å². The van der Waals surface area contributed by atoms with Gasteiger partial charge in [-0.15, -0.1) is 0 Å². The number of rotatable bonds is 1. The number of aryl methyl sites for hydroxylation is 1. The molecule has 3 N–H and O–H groups in total. The number of phenolic OH excluding ortho intramolecular Hbond substituents is 2. The summed E-state index contributed by atoms with van der Waals surface area (Å²) in [5, 5.41) is 30.0. The molecule has 2 aromatic carbocycles. The Morgan fingerprint density at radius 2 is 1.67 bits per heavy atom. The van der Waals surface area contributed by atoms with Crippen LogP contribution in [0.3, 0.4) is 0 Å². The van der Waals surface area contributed by atoms with Gasteiger partial charge in [0, 0.05) is 11.6 Å². The standard InChI is InChI=1S/C16H12O5/c1-8-10(17)7-11(18)13-14(19)12(16(20)21-15(8)13)9-5-3-2-4-6-9/h2-7,17-19H,1H3. The van der Waals surface area contributed by atoms with Crippen LogP contribution in [0.25, 0.3) is 22.1 Å². The molecule has 5 heteroatoms. The molecule has 21 heavy (non-hydrogen) atoms. The Balaban J connectivity index is 2.48. The van der Waals surface area contributed by atoms with Crippen LogP contribution in [0.4, 0.5) is 0 Å². The summed E-state index contributed by atoms with van der Waals surface area (Å²) < 4.78 is 5.18. The smallest absolute Gasteiger partial charge is 0.347 e. The molecule has 0 aliphatic carbocycles. The first-order chi connectivity index (χ1) is 10.0. The summed E-state index contributed by atoms with van der Waals surface area (Å²) in [6, 6.07) is 9.64. The van der Waals surface area contributed by atoms with Gasteiger partial charge in [0.25, 0.3) is 0 Å². The van der Waals surface area contributed by atoms with Crippen LogP contribution in [0.2, 0.25) is 0 Å². The molecular weight excluding hydrogens is 272 g/mol. The van der Waals surface area contributed by atoms with E-state index >= 15 is 0 Å². The van der Waals surface area contributed by atoms with E-state index in [0.29, 0.717) is 5.56 Å². The molecule has 106 valence electrons. The number of fused-ring (bicyclic) bond motifs is 1. The summed E-state index contributed by atoms with van der Waals surface area (Å²) in [5.74, 6) is -0.936. The molecule has 0 saturated carbocycles. The lowest BCUT2D eigenvalue weighted by atomic mass is 10.0. The van der Waals surface area contributed by atoms with Gasteiger partial charge in [0.1, 0.15) is 28.2 Å². The highest BCUT2D eigenvalue weighted by Crippen LogP contribution is 2.41. The highest BCUT2D eigenvalue weighted by atomic mass is 16.4. The second kappa shape index (κ2) is 4.56. The van der Waals surface area contributed by atoms with Crippen molar-refractivity contribution in [3.8, 4) is 28.4 Å². The minimum Gasteiger partial charge on any atom is -0.507 e. The summed E-state index contributed by atoms with van der Waals surface area (Å²) in [5.41, 5.74) is -0.0388. The van der Waals surface area contributed by atoms with Crippen molar-refractivity contribution in [3.05, 3.63) is 52.4 Å². The van der Waals surface area contributed by atoms with Gasteiger partial charge in [-0.2, -0.15) is 0 Å². The monoisotopic (exact) mass is 284 g/mol. The molecular formula is C16H12O5. The molecule has 3 rings (SSSR count). The van der Waals surface area contributed by atoms with Gasteiger partial charge in [-0.05, 0) is 12.5 Å². The second-order valence-corrected chi connectivity index (χ2v) is 4.72. The first-order valence-corrected chi connectivity index (χ1v) is 6.27. The molecule has 0 bridgehead atoms. The predicted molar refractivity (Wildman–Crippen MR) is 77.7 cm³/mol. The van der Waals surface area contributed by atoms with Crippen LogP contribution >= 0.6 is 0 Å². The maximum atomic E-state index is 12.1. The first-order valence-electron chi connectivity index (χ1n) is 6.27. The molecule has 1 aromatic heterocycles. The normalized spacial score (nSPS) is 10.9. The maximum absolute atomic E-state index is 12.1. The van der Waals surface area contributed by atoms with Gasteiger partial charge >= 0.3 is 5.63 Å². The van der Waals surface area contributed by atoms with Crippen LogP contribution in [-0.2, 0) is 0 Å². The van der Waals surface area contributed by atoms with Gasteiger partial charge in [-0.1, -0.05) is 30.3 Å². The van der Waals surface area contributed by atoms with Crippen molar-refractivity contribution in [2.75, 3.05) is 0 Å². The van der Waals surface area contributed by atoms with E-state index in [1.165, 1.54) is 6.92 Å². The molecule has 0 atom stereocenters. The van der Waals surface area contributed by atoms with Crippen LogP contribution < -0.4 is 5.63 Å². The predicted octanol–water partition coefficient (Wildman–Crippen LogP) is 2.89. The SMILES string of the molecule is Cc1c(O)cc(O)c2c(O)c(-c3ccccc3)c(=O)oc12. The number of hydrogen-bond acceptors (Lipinski definition) is 5. The fourth-order valence-electron chi connectivity index (χ4n) is 2.31. The number of benzene rings is 2. The van der Waals surface area contributed by atoms with Crippen LogP contribution in [0.15, 0.2) is 45.6 Å². The third kappa shape index (κ3) is 1.90. The molecule has 0 spiro atoms. The van der Waals surface area contributed by atoms with E-state index < -0.39 is 5.63 Å². The Morgan fingerprint density at radius 3 is 2.33 bits per heavy atom. The van der Waals surface area contributed by atoms with Crippen molar-refractivity contribution in [2.45, 2.75) is 6.92 Å². The molecule has 0 unspecified atom stereocenters. The Hall–Kier alpha value is -2.95. The number of aromatic hydroxyl groups is 3.